The van der Waals surface area contributed by atoms with Crippen molar-refractivity contribution in [2.24, 2.45) is 0 Å². The van der Waals surface area contributed by atoms with E-state index in [9.17, 15) is 4.79 Å². The van der Waals surface area contributed by atoms with Gasteiger partial charge in [0.2, 0.25) is 0 Å². The maximum atomic E-state index is 11.4. The molecule has 0 bridgehead atoms. The number of ether oxygens (including phenoxy) is 1. The Kier molecular flexibility index (Phi) is 4.60. The summed E-state index contributed by atoms with van der Waals surface area (Å²) in [6, 6.07) is 0.0525. The molecule has 1 saturated heterocycles. The van der Waals surface area contributed by atoms with Crippen LogP contribution in [-0.4, -0.2) is 44.3 Å². The molecule has 0 aromatic heterocycles. The molecule has 1 aliphatic rings. The first kappa shape index (κ1) is 10.3. The number of urea groups is 1. The molecule has 0 spiro atoms. The Labute approximate surface area is 79.2 Å². The second-order valence-corrected chi connectivity index (χ2v) is 3.27. The summed E-state index contributed by atoms with van der Waals surface area (Å²) in [6.07, 6.45) is 3.53. The van der Waals surface area contributed by atoms with E-state index in [4.69, 9.17) is 4.74 Å². The molecule has 76 valence electrons. The number of nitrogens with zero attached hydrogens (tertiary/aromatic N) is 1. The largest absolute Gasteiger partial charge is 0.383 e. The number of likely N-dealkylation sites (tertiary alicyclic amines) is 1. The van der Waals surface area contributed by atoms with Gasteiger partial charge in [0.1, 0.15) is 0 Å². The number of piperidine rings is 1. The van der Waals surface area contributed by atoms with Crippen LogP contribution in [0.4, 0.5) is 4.79 Å². The molecule has 1 fully saturated rings. The highest BCUT2D eigenvalue weighted by Crippen LogP contribution is 2.07. The molecule has 4 heteroatoms. The zero-order valence-corrected chi connectivity index (χ0v) is 8.21. The molecule has 1 rings (SSSR count). The van der Waals surface area contributed by atoms with Gasteiger partial charge < -0.3 is 15.0 Å². The predicted octanol–water partition coefficient (Wildman–Crippen LogP) is 0.828. The van der Waals surface area contributed by atoms with E-state index < -0.39 is 0 Å². The van der Waals surface area contributed by atoms with E-state index >= 15 is 0 Å². The molecule has 0 aliphatic carbocycles. The highest BCUT2D eigenvalue weighted by molar-refractivity contribution is 5.74. The maximum Gasteiger partial charge on any atom is 0.317 e. The first-order chi connectivity index (χ1) is 6.34. The quantitative estimate of drug-likeness (QED) is 0.663. The van der Waals surface area contributed by atoms with E-state index in [2.05, 4.69) is 5.32 Å². The van der Waals surface area contributed by atoms with Crippen LogP contribution in [0.5, 0.6) is 0 Å². The minimum atomic E-state index is 0.0525. The van der Waals surface area contributed by atoms with Crippen LogP contribution in [0.25, 0.3) is 0 Å². The Morgan fingerprint density at radius 1 is 1.38 bits per heavy atom. The van der Waals surface area contributed by atoms with Gasteiger partial charge >= 0.3 is 6.03 Å². The van der Waals surface area contributed by atoms with Crippen LogP contribution in [-0.2, 0) is 4.74 Å². The van der Waals surface area contributed by atoms with Crippen molar-refractivity contribution in [2.45, 2.75) is 19.3 Å². The zero-order chi connectivity index (χ0) is 9.52. The van der Waals surface area contributed by atoms with Crippen LogP contribution in [0, 0.1) is 0 Å². The smallest absolute Gasteiger partial charge is 0.317 e. The number of carbonyl (C=O) groups is 1. The second-order valence-electron chi connectivity index (χ2n) is 3.27. The summed E-state index contributed by atoms with van der Waals surface area (Å²) in [7, 11) is 1.63. The lowest BCUT2D eigenvalue weighted by atomic mass is 10.1. The molecule has 0 aromatic rings. The minimum absolute atomic E-state index is 0.0525. The second kappa shape index (κ2) is 5.80. The predicted molar refractivity (Wildman–Crippen MR) is 50.7 cm³/mol. The van der Waals surface area contributed by atoms with Crippen molar-refractivity contribution < 1.29 is 9.53 Å². The van der Waals surface area contributed by atoms with E-state index in [0.29, 0.717) is 13.2 Å². The molecule has 4 nitrogen and oxygen atoms in total. The number of amides is 2. The summed E-state index contributed by atoms with van der Waals surface area (Å²) in [4.78, 5) is 13.3. The lowest BCUT2D eigenvalue weighted by molar-refractivity contribution is 0.172. The Morgan fingerprint density at radius 3 is 2.69 bits per heavy atom. The Morgan fingerprint density at radius 2 is 2.08 bits per heavy atom. The van der Waals surface area contributed by atoms with Gasteiger partial charge in [-0.05, 0) is 19.3 Å². The average molecular weight is 186 g/mol. The van der Waals surface area contributed by atoms with Gasteiger partial charge in [0.15, 0.2) is 0 Å². The van der Waals surface area contributed by atoms with E-state index in [1.165, 1.54) is 6.42 Å². The van der Waals surface area contributed by atoms with E-state index in [-0.39, 0.29) is 6.03 Å². The lowest BCUT2D eigenvalue weighted by Crippen LogP contribution is -2.43. The van der Waals surface area contributed by atoms with Crippen molar-refractivity contribution in [1.29, 1.82) is 0 Å². The fourth-order valence-corrected chi connectivity index (χ4v) is 1.47. The van der Waals surface area contributed by atoms with Crippen molar-refractivity contribution in [2.75, 3.05) is 33.4 Å². The summed E-state index contributed by atoms with van der Waals surface area (Å²) >= 11 is 0. The monoisotopic (exact) mass is 186 g/mol. The number of nitrogens with one attached hydrogen (secondary N) is 1. The van der Waals surface area contributed by atoms with Gasteiger partial charge in [-0.1, -0.05) is 0 Å². The van der Waals surface area contributed by atoms with Crippen LogP contribution in [0.2, 0.25) is 0 Å². The first-order valence-electron chi connectivity index (χ1n) is 4.86. The lowest BCUT2D eigenvalue weighted by Gasteiger charge is -2.26. The first-order valence-corrected chi connectivity index (χ1v) is 4.86. The molecule has 1 N–H and O–H groups in total. The molecule has 0 saturated carbocycles. The Balaban J connectivity index is 2.13. The van der Waals surface area contributed by atoms with E-state index in [1.54, 1.807) is 7.11 Å². The maximum absolute atomic E-state index is 11.4. The van der Waals surface area contributed by atoms with Gasteiger partial charge in [0.25, 0.3) is 0 Å². The molecule has 1 aliphatic heterocycles. The minimum Gasteiger partial charge on any atom is -0.383 e. The van der Waals surface area contributed by atoms with Gasteiger partial charge in [-0.25, -0.2) is 4.79 Å². The average Bonchev–Trinajstić information content (AvgIpc) is 2.19. The number of rotatable bonds is 3. The van der Waals surface area contributed by atoms with Crippen molar-refractivity contribution in [1.82, 2.24) is 10.2 Å². The van der Waals surface area contributed by atoms with Crippen molar-refractivity contribution >= 4 is 6.03 Å². The fourth-order valence-electron chi connectivity index (χ4n) is 1.47. The summed E-state index contributed by atoms with van der Waals surface area (Å²) in [5.74, 6) is 0. The molecule has 0 aromatic carbocycles. The summed E-state index contributed by atoms with van der Waals surface area (Å²) in [5, 5.41) is 2.82. The third kappa shape index (κ3) is 3.63. The van der Waals surface area contributed by atoms with Crippen LogP contribution in [0.15, 0.2) is 0 Å². The van der Waals surface area contributed by atoms with Crippen molar-refractivity contribution in [3.63, 3.8) is 0 Å². The topological polar surface area (TPSA) is 41.6 Å². The number of hydrogen-bond acceptors (Lipinski definition) is 2. The van der Waals surface area contributed by atoms with Gasteiger partial charge in [-0.3, -0.25) is 0 Å². The summed E-state index contributed by atoms with van der Waals surface area (Å²) in [5.41, 5.74) is 0. The number of methoxy groups -OCH3 is 1. The van der Waals surface area contributed by atoms with Crippen LogP contribution >= 0.6 is 0 Å². The zero-order valence-electron chi connectivity index (χ0n) is 8.21. The van der Waals surface area contributed by atoms with Gasteiger partial charge in [0.05, 0.1) is 6.61 Å². The molecule has 0 radical (unpaired) electrons. The van der Waals surface area contributed by atoms with Gasteiger partial charge in [-0.2, -0.15) is 0 Å². The van der Waals surface area contributed by atoms with Crippen LogP contribution in [0.3, 0.4) is 0 Å². The standard InChI is InChI=1S/C9H18N2O2/c1-13-8-5-10-9(12)11-6-3-2-4-7-11/h2-8H2,1H3,(H,10,12). The van der Waals surface area contributed by atoms with Crippen molar-refractivity contribution in [3.05, 3.63) is 0 Å². The van der Waals surface area contributed by atoms with Gasteiger partial charge in [-0.15, -0.1) is 0 Å². The Hall–Kier alpha value is -0.770. The normalized spacial score (nSPS) is 17.2. The van der Waals surface area contributed by atoms with Crippen LogP contribution in [0.1, 0.15) is 19.3 Å². The summed E-state index contributed by atoms with van der Waals surface area (Å²) in [6.45, 7) is 2.99. The third-order valence-electron chi connectivity index (χ3n) is 2.23. The van der Waals surface area contributed by atoms with Crippen molar-refractivity contribution in [3.8, 4) is 0 Å². The fraction of sp³-hybridized carbons (Fsp3) is 0.889. The third-order valence-corrected chi connectivity index (χ3v) is 2.23. The van der Waals surface area contributed by atoms with E-state index in [0.717, 1.165) is 25.9 Å². The number of carbonyl (C=O) groups excluding carboxylic acids is 1. The molecular weight excluding hydrogens is 168 g/mol. The SMILES string of the molecule is COCCNC(=O)N1CCCCC1. The molecule has 13 heavy (non-hydrogen) atoms. The molecule has 0 atom stereocenters. The molecule has 1 heterocycles. The Bertz CT molecular complexity index is 156. The highest BCUT2D eigenvalue weighted by atomic mass is 16.5. The molecule has 0 unspecified atom stereocenters. The van der Waals surface area contributed by atoms with Gasteiger partial charge in [0, 0.05) is 26.7 Å². The summed E-state index contributed by atoms with van der Waals surface area (Å²) < 4.78 is 4.85. The molecule has 2 amide bonds. The van der Waals surface area contributed by atoms with Crippen LogP contribution < -0.4 is 5.32 Å². The van der Waals surface area contributed by atoms with E-state index in [1.807, 2.05) is 4.90 Å². The molecular formula is C9H18N2O2. The highest BCUT2D eigenvalue weighted by Gasteiger charge is 2.14. The number of hydrogen-bond donors (Lipinski definition) is 1.